The van der Waals surface area contributed by atoms with Gasteiger partial charge in [-0.3, -0.25) is 9.59 Å². The lowest BCUT2D eigenvalue weighted by molar-refractivity contribution is -0.150. The van der Waals surface area contributed by atoms with E-state index in [4.69, 9.17) is 0 Å². The average Bonchev–Trinajstić information content (AvgIpc) is 2.92. The van der Waals surface area contributed by atoms with E-state index in [0.29, 0.717) is 6.42 Å². The minimum Gasteiger partial charge on any atom is -0.481 e. The molecule has 23 heavy (non-hydrogen) atoms. The zero-order valence-electron chi connectivity index (χ0n) is 12.9. The molecule has 1 aliphatic rings. The number of alkyl halides is 3. The van der Waals surface area contributed by atoms with Crippen molar-refractivity contribution >= 4 is 11.9 Å². The maximum absolute atomic E-state index is 12.7. The summed E-state index contributed by atoms with van der Waals surface area (Å²) < 4.78 is 38.2. The number of amides is 1. The molecule has 7 heteroatoms. The van der Waals surface area contributed by atoms with Crippen molar-refractivity contribution in [3.63, 3.8) is 0 Å². The van der Waals surface area contributed by atoms with E-state index in [-0.39, 0.29) is 24.6 Å². The van der Waals surface area contributed by atoms with Crippen molar-refractivity contribution in [3.05, 3.63) is 35.4 Å². The zero-order valence-corrected chi connectivity index (χ0v) is 12.9. The first-order valence-electron chi connectivity index (χ1n) is 7.28. The third-order valence-corrected chi connectivity index (χ3v) is 4.56. The minimum absolute atomic E-state index is 0.00901. The van der Waals surface area contributed by atoms with Crippen LogP contribution in [0.3, 0.4) is 0 Å². The highest BCUT2D eigenvalue weighted by molar-refractivity contribution is 5.95. The van der Waals surface area contributed by atoms with E-state index in [1.165, 1.54) is 17.0 Å². The lowest BCUT2D eigenvalue weighted by Crippen LogP contribution is -2.40. The average molecular weight is 329 g/mol. The van der Waals surface area contributed by atoms with Crippen LogP contribution in [0.5, 0.6) is 0 Å². The minimum atomic E-state index is -4.52. The number of benzene rings is 1. The number of hydrogen-bond donors (Lipinski definition) is 1. The molecular formula is C16H18F3NO3. The number of carbonyl (C=O) groups is 2. The van der Waals surface area contributed by atoms with E-state index >= 15 is 0 Å². The lowest BCUT2D eigenvalue weighted by Gasteiger charge is -2.28. The molecule has 1 aromatic rings. The second-order valence-electron chi connectivity index (χ2n) is 6.17. The van der Waals surface area contributed by atoms with E-state index in [1.807, 2.05) is 0 Å². The molecule has 0 bridgehead atoms. The molecule has 0 aliphatic carbocycles. The van der Waals surface area contributed by atoms with Crippen LogP contribution in [0.15, 0.2) is 24.3 Å². The quantitative estimate of drug-likeness (QED) is 0.926. The van der Waals surface area contributed by atoms with Crippen molar-refractivity contribution in [1.82, 2.24) is 4.90 Å². The Bertz CT molecular complexity index is 627. The molecule has 0 spiro atoms. The van der Waals surface area contributed by atoms with E-state index in [2.05, 4.69) is 0 Å². The SMILES string of the molecule is CC(C)C1(C(=O)O)CCN(C(=O)c2cccc(C(F)(F)F)c2)C1. The number of likely N-dealkylation sites (tertiary alicyclic amines) is 1. The summed E-state index contributed by atoms with van der Waals surface area (Å²) in [5, 5.41) is 9.47. The van der Waals surface area contributed by atoms with Crippen LogP contribution in [0.1, 0.15) is 36.2 Å². The molecule has 0 aromatic heterocycles. The second kappa shape index (κ2) is 5.86. The molecule has 1 unspecified atom stereocenters. The number of aliphatic carboxylic acids is 1. The Morgan fingerprint density at radius 1 is 1.30 bits per heavy atom. The first-order valence-corrected chi connectivity index (χ1v) is 7.28. The van der Waals surface area contributed by atoms with Crippen molar-refractivity contribution in [3.8, 4) is 0 Å². The van der Waals surface area contributed by atoms with Gasteiger partial charge in [-0.15, -0.1) is 0 Å². The van der Waals surface area contributed by atoms with Crippen LogP contribution in [0, 0.1) is 11.3 Å². The molecule has 1 aliphatic heterocycles. The summed E-state index contributed by atoms with van der Waals surface area (Å²) in [6, 6.07) is 4.20. The van der Waals surface area contributed by atoms with Gasteiger partial charge in [0.2, 0.25) is 0 Å². The smallest absolute Gasteiger partial charge is 0.416 e. The summed E-state index contributed by atoms with van der Waals surface area (Å²) in [4.78, 5) is 25.3. The Labute approximate surface area is 131 Å². The number of nitrogens with zero attached hydrogens (tertiary/aromatic N) is 1. The van der Waals surface area contributed by atoms with Gasteiger partial charge in [0, 0.05) is 18.7 Å². The van der Waals surface area contributed by atoms with Gasteiger partial charge in [-0.25, -0.2) is 0 Å². The van der Waals surface area contributed by atoms with Gasteiger partial charge in [0.15, 0.2) is 0 Å². The molecule has 4 nitrogen and oxygen atoms in total. The molecule has 1 saturated heterocycles. The maximum atomic E-state index is 12.7. The maximum Gasteiger partial charge on any atom is 0.416 e. The van der Waals surface area contributed by atoms with Gasteiger partial charge in [0.05, 0.1) is 11.0 Å². The van der Waals surface area contributed by atoms with Gasteiger partial charge in [-0.2, -0.15) is 13.2 Å². The Balaban J connectivity index is 2.25. The van der Waals surface area contributed by atoms with E-state index in [1.54, 1.807) is 13.8 Å². The lowest BCUT2D eigenvalue weighted by atomic mass is 9.76. The Kier molecular flexibility index (Phi) is 4.41. The van der Waals surface area contributed by atoms with Gasteiger partial charge in [-0.05, 0) is 30.5 Å². The Morgan fingerprint density at radius 2 is 1.96 bits per heavy atom. The fourth-order valence-corrected chi connectivity index (χ4v) is 2.91. The molecule has 1 atom stereocenters. The summed E-state index contributed by atoms with van der Waals surface area (Å²) >= 11 is 0. The molecule has 1 fully saturated rings. The first kappa shape index (κ1) is 17.3. The highest BCUT2D eigenvalue weighted by atomic mass is 19.4. The van der Waals surface area contributed by atoms with Crippen molar-refractivity contribution in [2.45, 2.75) is 26.4 Å². The fraction of sp³-hybridized carbons (Fsp3) is 0.500. The number of carboxylic acid groups (broad SMARTS) is 1. The van der Waals surface area contributed by atoms with Crippen molar-refractivity contribution in [2.24, 2.45) is 11.3 Å². The zero-order chi connectivity index (χ0) is 17.4. The largest absolute Gasteiger partial charge is 0.481 e. The standard InChI is InChI=1S/C16H18F3NO3/c1-10(2)15(14(22)23)6-7-20(9-15)13(21)11-4-3-5-12(8-11)16(17,18)19/h3-5,8,10H,6-7,9H2,1-2H3,(H,22,23). The van der Waals surface area contributed by atoms with Crippen LogP contribution in [-0.4, -0.2) is 35.0 Å². The number of rotatable bonds is 3. The van der Waals surface area contributed by atoms with Crippen LogP contribution in [0.2, 0.25) is 0 Å². The Morgan fingerprint density at radius 3 is 2.43 bits per heavy atom. The monoisotopic (exact) mass is 329 g/mol. The van der Waals surface area contributed by atoms with Gasteiger partial charge < -0.3 is 10.0 Å². The van der Waals surface area contributed by atoms with E-state index < -0.39 is 29.0 Å². The molecule has 1 heterocycles. The molecule has 1 aromatic carbocycles. The third kappa shape index (κ3) is 3.18. The molecule has 0 saturated carbocycles. The molecule has 1 N–H and O–H groups in total. The summed E-state index contributed by atoms with van der Waals surface area (Å²) in [7, 11) is 0. The predicted molar refractivity (Wildman–Crippen MR) is 76.9 cm³/mol. The molecule has 126 valence electrons. The van der Waals surface area contributed by atoms with Crippen molar-refractivity contribution in [2.75, 3.05) is 13.1 Å². The van der Waals surface area contributed by atoms with Gasteiger partial charge in [0.1, 0.15) is 0 Å². The van der Waals surface area contributed by atoms with Crippen LogP contribution >= 0.6 is 0 Å². The van der Waals surface area contributed by atoms with Crippen LogP contribution in [-0.2, 0) is 11.0 Å². The van der Waals surface area contributed by atoms with E-state index in [0.717, 1.165) is 12.1 Å². The number of hydrogen-bond acceptors (Lipinski definition) is 2. The van der Waals surface area contributed by atoms with Crippen LogP contribution in [0.25, 0.3) is 0 Å². The summed E-state index contributed by atoms with van der Waals surface area (Å²) in [6.07, 6.45) is -4.23. The molecule has 2 rings (SSSR count). The summed E-state index contributed by atoms with van der Waals surface area (Å²) in [5.74, 6) is -1.73. The first-order chi connectivity index (χ1) is 10.6. The summed E-state index contributed by atoms with van der Waals surface area (Å²) in [5.41, 5.74) is -2.02. The van der Waals surface area contributed by atoms with Crippen molar-refractivity contribution in [1.29, 1.82) is 0 Å². The highest BCUT2D eigenvalue weighted by Gasteiger charge is 2.48. The molecular weight excluding hydrogens is 311 g/mol. The van der Waals surface area contributed by atoms with Crippen LogP contribution in [0.4, 0.5) is 13.2 Å². The van der Waals surface area contributed by atoms with Gasteiger partial charge in [0.25, 0.3) is 5.91 Å². The number of carboxylic acids is 1. The van der Waals surface area contributed by atoms with Gasteiger partial charge >= 0.3 is 12.1 Å². The fourth-order valence-electron chi connectivity index (χ4n) is 2.91. The predicted octanol–water partition coefficient (Wildman–Crippen LogP) is 3.28. The van der Waals surface area contributed by atoms with Crippen molar-refractivity contribution < 1.29 is 27.9 Å². The normalized spacial score (nSPS) is 21.7. The van der Waals surface area contributed by atoms with Crippen LogP contribution < -0.4 is 0 Å². The summed E-state index contributed by atoms with van der Waals surface area (Å²) in [6.45, 7) is 3.77. The number of carbonyl (C=O) groups excluding carboxylic acids is 1. The molecule has 0 radical (unpaired) electrons. The highest BCUT2D eigenvalue weighted by Crippen LogP contribution is 2.39. The third-order valence-electron chi connectivity index (χ3n) is 4.56. The molecule has 1 amide bonds. The van der Waals surface area contributed by atoms with Gasteiger partial charge in [-0.1, -0.05) is 19.9 Å². The van der Waals surface area contributed by atoms with E-state index in [9.17, 15) is 27.9 Å². The number of halogens is 3. The second-order valence-corrected chi connectivity index (χ2v) is 6.17. The Hall–Kier alpha value is -2.05. The topological polar surface area (TPSA) is 57.6 Å².